The summed E-state index contributed by atoms with van der Waals surface area (Å²) in [6, 6.07) is 0. The summed E-state index contributed by atoms with van der Waals surface area (Å²) in [6.07, 6.45) is 3.53. The molecule has 1 atom stereocenters. The van der Waals surface area contributed by atoms with Gasteiger partial charge in [0.05, 0.1) is 12.7 Å². The molecule has 1 rings (SSSR count). The van der Waals surface area contributed by atoms with Gasteiger partial charge in [-0.15, -0.1) is 0 Å². The van der Waals surface area contributed by atoms with E-state index in [0.29, 0.717) is 32.7 Å². The van der Waals surface area contributed by atoms with Gasteiger partial charge in [0.15, 0.2) is 0 Å². The third kappa shape index (κ3) is 6.33. The average Bonchev–Trinajstić information content (AvgIpc) is 2.42. The fourth-order valence-corrected chi connectivity index (χ4v) is 2.08. The molecule has 1 aliphatic heterocycles. The standard InChI is InChI=1S/C13H26N2O3/c1-2-18-11-12(16)10-14-7-6-13(17)15-8-4-3-5-9-15/h12,14,16H,2-11H2,1H3. The van der Waals surface area contributed by atoms with E-state index in [-0.39, 0.29) is 5.91 Å². The molecule has 5 nitrogen and oxygen atoms in total. The quantitative estimate of drug-likeness (QED) is 0.618. The minimum atomic E-state index is -0.491. The van der Waals surface area contributed by atoms with E-state index in [1.54, 1.807) is 0 Å². The number of amides is 1. The fraction of sp³-hybridized carbons (Fsp3) is 0.923. The number of nitrogens with one attached hydrogen (secondary N) is 1. The summed E-state index contributed by atoms with van der Waals surface area (Å²) >= 11 is 0. The Kier molecular flexibility index (Phi) is 7.96. The van der Waals surface area contributed by atoms with Crippen LogP contribution in [0, 0.1) is 0 Å². The molecule has 1 unspecified atom stereocenters. The molecule has 0 aromatic heterocycles. The number of aliphatic hydroxyl groups is 1. The molecular formula is C13H26N2O3. The molecule has 0 spiro atoms. The van der Waals surface area contributed by atoms with Gasteiger partial charge in [0.2, 0.25) is 5.91 Å². The van der Waals surface area contributed by atoms with Gasteiger partial charge in [0.25, 0.3) is 0 Å². The lowest BCUT2D eigenvalue weighted by Gasteiger charge is -2.26. The zero-order chi connectivity index (χ0) is 13.2. The van der Waals surface area contributed by atoms with Crippen molar-refractivity contribution in [2.45, 2.75) is 38.7 Å². The van der Waals surface area contributed by atoms with E-state index in [0.717, 1.165) is 25.9 Å². The van der Waals surface area contributed by atoms with Crippen LogP contribution in [-0.2, 0) is 9.53 Å². The van der Waals surface area contributed by atoms with Gasteiger partial charge in [0, 0.05) is 39.2 Å². The number of aliphatic hydroxyl groups excluding tert-OH is 1. The van der Waals surface area contributed by atoms with Crippen molar-refractivity contribution in [3.63, 3.8) is 0 Å². The molecule has 0 bridgehead atoms. The van der Waals surface area contributed by atoms with Crippen molar-refractivity contribution < 1.29 is 14.6 Å². The summed E-state index contributed by atoms with van der Waals surface area (Å²) in [6.45, 7) is 5.79. The largest absolute Gasteiger partial charge is 0.389 e. The van der Waals surface area contributed by atoms with Gasteiger partial charge in [-0.1, -0.05) is 0 Å². The zero-order valence-electron chi connectivity index (χ0n) is 11.4. The van der Waals surface area contributed by atoms with E-state index in [1.807, 2.05) is 11.8 Å². The predicted molar refractivity (Wildman–Crippen MR) is 70.4 cm³/mol. The summed E-state index contributed by atoms with van der Waals surface area (Å²) < 4.78 is 5.10. The van der Waals surface area contributed by atoms with Crippen LogP contribution in [0.2, 0.25) is 0 Å². The molecule has 0 aromatic rings. The van der Waals surface area contributed by atoms with Crippen molar-refractivity contribution in [1.29, 1.82) is 0 Å². The van der Waals surface area contributed by atoms with Crippen molar-refractivity contribution in [3.05, 3.63) is 0 Å². The van der Waals surface area contributed by atoms with Crippen molar-refractivity contribution >= 4 is 5.91 Å². The molecule has 1 aliphatic rings. The highest BCUT2D eigenvalue weighted by atomic mass is 16.5. The molecule has 0 radical (unpaired) electrons. The van der Waals surface area contributed by atoms with E-state index in [9.17, 15) is 9.90 Å². The minimum Gasteiger partial charge on any atom is -0.389 e. The van der Waals surface area contributed by atoms with Crippen LogP contribution in [0.3, 0.4) is 0 Å². The van der Waals surface area contributed by atoms with Crippen LogP contribution >= 0.6 is 0 Å². The molecule has 0 aliphatic carbocycles. The summed E-state index contributed by atoms with van der Waals surface area (Å²) in [7, 11) is 0. The maximum absolute atomic E-state index is 11.8. The van der Waals surface area contributed by atoms with Crippen LogP contribution in [0.15, 0.2) is 0 Å². The predicted octanol–water partition coefficient (Wildman–Crippen LogP) is 0.376. The third-order valence-electron chi connectivity index (χ3n) is 3.12. The van der Waals surface area contributed by atoms with Crippen molar-refractivity contribution in [2.24, 2.45) is 0 Å². The molecule has 1 amide bonds. The van der Waals surface area contributed by atoms with Crippen LogP contribution in [0.4, 0.5) is 0 Å². The van der Waals surface area contributed by atoms with Gasteiger partial charge >= 0.3 is 0 Å². The number of piperidine rings is 1. The average molecular weight is 258 g/mol. The molecule has 1 fully saturated rings. The second-order valence-electron chi connectivity index (χ2n) is 4.71. The second kappa shape index (κ2) is 9.30. The fourth-order valence-electron chi connectivity index (χ4n) is 2.08. The van der Waals surface area contributed by atoms with Crippen LogP contribution in [-0.4, -0.2) is 61.4 Å². The molecule has 1 heterocycles. The van der Waals surface area contributed by atoms with Crippen LogP contribution in [0.25, 0.3) is 0 Å². The summed E-state index contributed by atoms with van der Waals surface area (Å²) in [4.78, 5) is 13.8. The molecule has 0 saturated carbocycles. The number of likely N-dealkylation sites (tertiary alicyclic amines) is 1. The van der Waals surface area contributed by atoms with Crippen LogP contribution in [0.5, 0.6) is 0 Å². The van der Waals surface area contributed by atoms with E-state index < -0.39 is 6.10 Å². The number of ether oxygens (including phenoxy) is 1. The molecule has 0 aromatic carbocycles. The van der Waals surface area contributed by atoms with Gasteiger partial charge < -0.3 is 20.1 Å². The van der Waals surface area contributed by atoms with E-state index in [2.05, 4.69) is 5.32 Å². The zero-order valence-corrected chi connectivity index (χ0v) is 11.4. The van der Waals surface area contributed by atoms with Gasteiger partial charge in [-0.2, -0.15) is 0 Å². The molecule has 5 heteroatoms. The summed E-state index contributed by atoms with van der Waals surface area (Å²) in [5, 5.41) is 12.6. The maximum atomic E-state index is 11.8. The molecule has 18 heavy (non-hydrogen) atoms. The SMILES string of the molecule is CCOCC(O)CNCCC(=O)N1CCCCC1. The van der Waals surface area contributed by atoms with Crippen molar-refractivity contribution in [2.75, 3.05) is 39.4 Å². The lowest BCUT2D eigenvalue weighted by molar-refractivity contribution is -0.132. The summed E-state index contributed by atoms with van der Waals surface area (Å²) in [5.74, 6) is 0.224. The highest BCUT2D eigenvalue weighted by molar-refractivity contribution is 5.76. The molecular weight excluding hydrogens is 232 g/mol. The van der Waals surface area contributed by atoms with Crippen LogP contribution in [0.1, 0.15) is 32.6 Å². The number of rotatable bonds is 8. The topological polar surface area (TPSA) is 61.8 Å². The van der Waals surface area contributed by atoms with Gasteiger partial charge in [-0.3, -0.25) is 4.79 Å². The Bertz CT molecular complexity index is 230. The van der Waals surface area contributed by atoms with E-state index in [1.165, 1.54) is 6.42 Å². The smallest absolute Gasteiger partial charge is 0.223 e. The Morgan fingerprint density at radius 2 is 2.11 bits per heavy atom. The molecule has 1 saturated heterocycles. The minimum absolute atomic E-state index is 0.224. The number of nitrogens with zero attached hydrogens (tertiary/aromatic N) is 1. The Morgan fingerprint density at radius 1 is 1.39 bits per heavy atom. The number of carbonyl (C=O) groups excluding carboxylic acids is 1. The first-order valence-corrected chi connectivity index (χ1v) is 6.98. The number of hydrogen-bond acceptors (Lipinski definition) is 4. The van der Waals surface area contributed by atoms with Crippen molar-refractivity contribution in [1.82, 2.24) is 10.2 Å². The van der Waals surface area contributed by atoms with E-state index >= 15 is 0 Å². The second-order valence-corrected chi connectivity index (χ2v) is 4.71. The van der Waals surface area contributed by atoms with Gasteiger partial charge in [-0.05, 0) is 26.2 Å². The van der Waals surface area contributed by atoms with E-state index in [4.69, 9.17) is 4.74 Å². The Morgan fingerprint density at radius 3 is 2.78 bits per heavy atom. The highest BCUT2D eigenvalue weighted by Gasteiger charge is 2.15. The highest BCUT2D eigenvalue weighted by Crippen LogP contribution is 2.09. The number of hydrogen-bond donors (Lipinski definition) is 2. The van der Waals surface area contributed by atoms with Crippen molar-refractivity contribution in [3.8, 4) is 0 Å². The molecule has 106 valence electrons. The normalized spacial score (nSPS) is 17.8. The lowest BCUT2D eigenvalue weighted by Crippen LogP contribution is -2.38. The maximum Gasteiger partial charge on any atom is 0.223 e. The Hall–Kier alpha value is -0.650. The van der Waals surface area contributed by atoms with Crippen LogP contribution < -0.4 is 5.32 Å². The number of carbonyl (C=O) groups is 1. The third-order valence-corrected chi connectivity index (χ3v) is 3.12. The Labute approximate surface area is 109 Å². The first kappa shape index (κ1) is 15.4. The summed E-state index contributed by atoms with van der Waals surface area (Å²) in [5.41, 5.74) is 0. The first-order valence-electron chi connectivity index (χ1n) is 6.98. The first-order chi connectivity index (χ1) is 8.74. The molecule has 2 N–H and O–H groups in total. The van der Waals surface area contributed by atoms with Gasteiger partial charge in [-0.25, -0.2) is 0 Å². The lowest BCUT2D eigenvalue weighted by atomic mass is 10.1. The van der Waals surface area contributed by atoms with Gasteiger partial charge in [0.1, 0.15) is 0 Å². The Balaban J connectivity index is 2.01. The monoisotopic (exact) mass is 258 g/mol.